The van der Waals surface area contributed by atoms with Crippen molar-refractivity contribution in [1.29, 1.82) is 0 Å². The number of hydrogen-bond donors (Lipinski definition) is 1. The quantitative estimate of drug-likeness (QED) is 0.227. The highest BCUT2D eigenvalue weighted by molar-refractivity contribution is 7.90. The molecule has 1 N–H and O–H groups in total. The minimum atomic E-state index is -4.17. The highest BCUT2D eigenvalue weighted by Gasteiger charge is 2.39. The van der Waals surface area contributed by atoms with Crippen LogP contribution in [0.15, 0.2) is 72.8 Å². The third-order valence-corrected chi connectivity index (χ3v) is 8.61. The van der Waals surface area contributed by atoms with Gasteiger partial charge in [-0.25, -0.2) is 0 Å². The summed E-state index contributed by atoms with van der Waals surface area (Å²) in [6, 6.07) is 21.3. The molecular weight excluding hydrogens is 588 g/mol. The molecule has 1 saturated heterocycles. The van der Waals surface area contributed by atoms with E-state index in [0.717, 1.165) is 15.4 Å². The van der Waals surface area contributed by atoms with E-state index in [1.807, 2.05) is 60.7 Å². The van der Waals surface area contributed by atoms with Gasteiger partial charge in [-0.15, -0.1) is 0 Å². The molecule has 1 fully saturated rings. The fourth-order valence-corrected chi connectivity index (χ4v) is 6.33. The largest absolute Gasteiger partial charge is 0.493 e. The zero-order chi connectivity index (χ0) is 31.4. The van der Waals surface area contributed by atoms with Gasteiger partial charge >= 0.3 is 16.2 Å². The van der Waals surface area contributed by atoms with E-state index in [1.165, 1.54) is 33.5 Å². The molecule has 0 aromatic heterocycles. The lowest BCUT2D eigenvalue weighted by Crippen LogP contribution is -2.51. The normalized spacial score (nSPS) is 15.5. The van der Waals surface area contributed by atoms with Crippen LogP contribution >= 0.6 is 0 Å². The second kappa shape index (κ2) is 16.3. The van der Waals surface area contributed by atoms with E-state index in [-0.39, 0.29) is 36.9 Å². The van der Waals surface area contributed by atoms with Gasteiger partial charge in [-0.05, 0) is 30.4 Å². The molecule has 4 rings (SSSR count). The summed E-state index contributed by atoms with van der Waals surface area (Å²) < 4.78 is 64.6. The van der Waals surface area contributed by atoms with E-state index in [4.69, 9.17) is 28.4 Å². The first-order chi connectivity index (χ1) is 21.3. The van der Waals surface area contributed by atoms with Crippen LogP contribution in [0.4, 0.5) is 5.69 Å². The van der Waals surface area contributed by atoms with Crippen molar-refractivity contribution in [3.8, 4) is 17.2 Å². The molecule has 0 radical (unpaired) electrons. The summed E-state index contributed by atoms with van der Waals surface area (Å²) in [7, 11) is 0.166. The topological polar surface area (TPSA) is 122 Å². The molecule has 0 spiro atoms. The number of ether oxygens (including phenoxy) is 6. The number of rotatable bonds is 16. The lowest BCUT2D eigenvalue weighted by molar-refractivity contribution is -0.162. The second-order valence-electron chi connectivity index (χ2n) is 10.2. The molecule has 11 nitrogen and oxygen atoms in total. The van der Waals surface area contributed by atoms with E-state index in [0.29, 0.717) is 38.2 Å². The molecule has 1 atom stereocenters. The number of benzene rings is 3. The zero-order valence-corrected chi connectivity index (χ0v) is 26.1. The van der Waals surface area contributed by atoms with Gasteiger partial charge in [0.2, 0.25) is 5.75 Å². The molecule has 1 aliphatic rings. The van der Waals surface area contributed by atoms with Gasteiger partial charge in [0.15, 0.2) is 11.5 Å². The Bertz CT molecular complexity index is 1370. The molecule has 1 heterocycles. The van der Waals surface area contributed by atoms with Crippen LogP contribution < -0.4 is 18.9 Å². The second-order valence-corrected chi connectivity index (χ2v) is 11.8. The molecule has 12 heteroatoms. The average molecular weight is 629 g/mol. The molecule has 0 bridgehead atoms. The predicted molar refractivity (Wildman–Crippen MR) is 165 cm³/mol. The minimum Gasteiger partial charge on any atom is -0.493 e. The number of hydrogen-bond acceptors (Lipinski definition) is 9. The van der Waals surface area contributed by atoms with E-state index in [1.54, 1.807) is 0 Å². The van der Waals surface area contributed by atoms with Crippen molar-refractivity contribution in [2.75, 3.05) is 45.8 Å². The summed E-state index contributed by atoms with van der Waals surface area (Å²) in [6.07, 6.45) is 0.848. The lowest BCUT2D eigenvalue weighted by atomic mass is 10.1. The van der Waals surface area contributed by atoms with Gasteiger partial charge in [-0.1, -0.05) is 60.7 Å². The Kier molecular flexibility index (Phi) is 12.2. The van der Waals surface area contributed by atoms with Crippen LogP contribution in [0, 0.1) is 0 Å². The SMILES string of the molecule is COc1cc(NS(=O)(=O)N2CCCCC2C(=O)OC(COCc2ccccc2)COCc2ccccc2)cc(OC)c1OC. The van der Waals surface area contributed by atoms with Crippen LogP contribution in [0.25, 0.3) is 0 Å². The molecule has 0 saturated carbocycles. The summed E-state index contributed by atoms with van der Waals surface area (Å²) in [6.45, 7) is 0.975. The van der Waals surface area contributed by atoms with Crippen LogP contribution in [-0.2, 0) is 42.4 Å². The summed E-state index contributed by atoms with van der Waals surface area (Å²) in [5, 5.41) is 0. The monoisotopic (exact) mass is 628 g/mol. The van der Waals surface area contributed by atoms with Gasteiger partial charge in [-0.3, -0.25) is 9.52 Å². The van der Waals surface area contributed by atoms with Crippen molar-refractivity contribution in [2.45, 2.75) is 44.6 Å². The van der Waals surface area contributed by atoms with E-state index in [2.05, 4.69) is 4.72 Å². The molecule has 44 heavy (non-hydrogen) atoms. The standard InChI is InChI=1S/C32H40N2O9S/c1-38-29-18-26(19-30(39-2)31(29)40-3)33-44(36,37)34-17-11-10-16-28(34)32(35)43-27(22-41-20-24-12-6-4-7-13-24)23-42-21-25-14-8-5-9-15-25/h4-9,12-15,18-19,27-28,33H,10-11,16-17,20-23H2,1-3H3. The Morgan fingerprint density at radius 2 is 1.39 bits per heavy atom. The Balaban J connectivity index is 1.46. The van der Waals surface area contributed by atoms with Crippen molar-refractivity contribution < 1.29 is 41.6 Å². The molecule has 3 aromatic carbocycles. The predicted octanol–water partition coefficient (Wildman–Crippen LogP) is 4.57. The van der Waals surface area contributed by atoms with Gasteiger partial charge in [0.25, 0.3) is 0 Å². The number of anilines is 1. The van der Waals surface area contributed by atoms with Crippen molar-refractivity contribution in [3.63, 3.8) is 0 Å². The maximum absolute atomic E-state index is 13.6. The first kappa shape index (κ1) is 33.1. The molecule has 3 aromatic rings. The van der Waals surface area contributed by atoms with Crippen LogP contribution in [0.1, 0.15) is 30.4 Å². The first-order valence-corrected chi connectivity index (χ1v) is 15.8. The smallest absolute Gasteiger partial charge is 0.324 e. The number of piperidine rings is 1. The highest BCUT2D eigenvalue weighted by atomic mass is 32.2. The molecule has 1 unspecified atom stereocenters. The summed E-state index contributed by atoms with van der Waals surface area (Å²) >= 11 is 0. The Morgan fingerprint density at radius 3 is 1.89 bits per heavy atom. The molecule has 238 valence electrons. The lowest BCUT2D eigenvalue weighted by Gasteiger charge is -2.34. The molecule has 0 aliphatic carbocycles. The molecular formula is C32H40N2O9S. The van der Waals surface area contributed by atoms with Crippen molar-refractivity contribution in [1.82, 2.24) is 4.31 Å². The van der Waals surface area contributed by atoms with Crippen molar-refractivity contribution in [2.24, 2.45) is 0 Å². The van der Waals surface area contributed by atoms with E-state index >= 15 is 0 Å². The maximum atomic E-state index is 13.6. The van der Waals surface area contributed by atoms with Crippen LogP contribution in [0.5, 0.6) is 17.2 Å². The van der Waals surface area contributed by atoms with Gasteiger partial charge in [0.05, 0.1) is 53.4 Å². The number of carbonyl (C=O) groups is 1. The minimum absolute atomic E-state index is 0.0819. The van der Waals surface area contributed by atoms with E-state index in [9.17, 15) is 13.2 Å². The van der Waals surface area contributed by atoms with Gasteiger partial charge in [0.1, 0.15) is 12.1 Å². The van der Waals surface area contributed by atoms with E-state index < -0.39 is 28.3 Å². The van der Waals surface area contributed by atoms with Gasteiger partial charge < -0.3 is 28.4 Å². The summed E-state index contributed by atoms with van der Waals surface area (Å²) in [5.74, 6) is 0.241. The highest BCUT2D eigenvalue weighted by Crippen LogP contribution is 2.40. The molecule has 1 aliphatic heterocycles. The van der Waals surface area contributed by atoms with Crippen molar-refractivity contribution >= 4 is 21.9 Å². The Labute approximate surface area is 259 Å². The van der Waals surface area contributed by atoms with Crippen LogP contribution in [0.3, 0.4) is 0 Å². The van der Waals surface area contributed by atoms with Crippen LogP contribution in [0.2, 0.25) is 0 Å². The van der Waals surface area contributed by atoms with Crippen LogP contribution in [-0.4, -0.2) is 71.9 Å². The third-order valence-electron chi connectivity index (χ3n) is 7.06. The summed E-state index contributed by atoms with van der Waals surface area (Å²) in [5.41, 5.74) is 2.15. The number of nitrogens with zero attached hydrogens (tertiary/aromatic N) is 1. The fraction of sp³-hybridized carbons (Fsp3) is 0.406. The maximum Gasteiger partial charge on any atom is 0.324 e. The van der Waals surface area contributed by atoms with Gasteiger partial charge in [-0.2, -0.15) is 12.7 Å². The average Bonchev–Trinajstić information content (AvgIpc) is 3.05. The summed E-state index contributed by atoms with van der Waals surface area (Å²) in [4.78, 5) is 13.5. The van der Waals surface area contributed by atoms with Crippen molar-refractivity contribution in [3.05, 3.63) is 83.9 Å². The molecule has 0 amide bonds. The number of carbonyl (C=O) groups excluding carboxylic acids is 1. The third kappa shape index (κ3) is 9.08. The Morgan fingerprint density at radius 1 is 0.841 bits per heavy atom. The fourth-order valence-electron chi connectivity index (χ4n) is 4.90. The van der Waals surface area contributed by atoms with Gasteiger partial charge in [0, 0.05) is 18.7 Å². The zero-order valence-electron chi connectivity index (χ0n) is 25.3. The Hall–Kier alpha value is -3.84. The first-order valence-electron chi connectivity index (χ1n) is 14.4. The number of esters is 1. The number of methoxy groups -OCH3 is 3. The number of nitrogens with one attached hydrogen (secondary N) is 1.